The van der Waals surface area contributed by atoms with Crippen LogP contribution in [-0.2, 0) is 6.42 Å². The number of fused-ring (bicyclic) bond motifs is 1. The maximum atomic E-state index is 8.77. The van der Waals surface area contributed by atoms with E-state index in [1.165, 1.54) is 0 Å². The van der Waals surface area contributed by atoms with Crippen LogP contribution in [-0.4, -0.2) is 21.7 Å². The normalized spacial score (nSPS) is 10.9. The average molecular weight is 282 g/mol. The summed E-state index contributed by atoms with van der Waals surface area (Å²) in [6, 6.07) is 5.72. The van der Waals surface area contributed by atoms with Crippen molar-refractivity contribution in [3.8, 4) is 0 Å². The van der Waals surface area contributed by atoms with Crippen molar-refractivity contribution in [1.82, 2.24) is 9.97 Å². The van der Waals surface area contributed by atoms with Gasteiger partial charge in [0.25, 0.3) is 0 Å². The van der Waals surface area contributed by atoms with E-state index in [0.717, 1.165) is 15.4 Å². The molecule has 1 heterocycles. The molecule has 0 amide bonds. The number of aryl methyl sites for hydroxylation is 1. The molecular weight excluding hydrogens is 270 g/mol. The van der Waals surface area contributed by atoms with Crippen LogP contribution in [0.4, 0.5) is 5.82 Å². The Morgan fingerprint density at radius 3 is 2.88 bits per heavy atom. The quantitative estimate of drug-likeness (QED) is 0.901. The standard InChI is InChI=1S/C11H12BrN3O/c12-8-4-1-3-7-10(8)14-9(5-2-6-16)15-11(7)13/h1,3-4,16H,2,5-6H2,(H2,13,14,15). The van der Waals surface area contributed by atoms with Crippen LogP contribution in [0.15, 0.2) is 22.7 Å². The van der Waals surface area contributed by atoms with Gasteiger partial charge in [-0.3, -0.25) is 0 Å². The van der Waals surface area contributed by atoms with Crippen molar-refractivity contribution in [3.63, 3.8) is 0 Å². The third kappa shape index (κ3) is 2.15. The number of benzene rings is 1. The van der Waals surface area contributed by atoms with Crippen molar-refractivity contribution in [2.75, 3.05) is 12.3 Å². The summed E-state index contributed by atoms with van der Waals surface area (Å²) in [5.41, 5.74) is 6.69. The zero-order chi connectivity index (χ0) is 11.5. The number of nitrogens with zero attached hydrogens (tertiary/aromatic N) is 2. The van der Waals surface area contributed by atoms with Gasteiger partial charge in [0.05, 0.1) is 5.52 Å². The molecule has 0 bridgehead atoms. The number of anilines is 1. The van der Waals surface area contributed by atoms with Crippen molar-refractivity contribution in [1.29, 1.82) is 0 Å². The zero-order valence-electron chi connectivity index (χ0n) is 8.65. The Kier molecular flexibility index (Phi) is 3.36. The summed E-state index contributed by atoms with van der Waals surface area (Å²) in [7, 11) is 0. The molecule has 16 heavy (non-hydrogen) atoms. The SMILES string of the molecule is Nc1nc(CCCO)nc2c(Br)cccc12. The number of para-hydroxylation sites is 1. The van der Waals surface area contributed by atoms with Gasteiger partial charge in [-0.25, -0.2) is 9.97 Å². The molecule has 4 nitrogen and oxygen atoms in total. The predicted molar refractivity (Wildman–Crippen MR) is 67.1 cm³/mol. The number of rotatable bonds is 3. The molecule has 84 valence electrons. The van der Waals surface area contributed by atoms with E-state index in [9.17, 15) is 0 Å². The van der Waals surface area contributed by atoms with Crippen LogP contribution in [0.25, 0.3) is 10.9 Å². The van der Waals surface area contributed by atoms with Crippen LogP contribution in [0, 0.1) is 0 Å². The highest BCUT2D eigenvalue weighted by atomic mass is 79.9. The van der Waals surface area contributed by atoms with Gasteiger partial charge in [0.2, 0.25) is 0 Å². The molecule has 0 aliphatic carbocycles. The fourth-order valence-electron chi connectivity index (χ4n) is 1.54. The fourth-order valence-corrected chi connectivity index (χ4v) is 1.99. The summed E-state index contributed by atoms with van der Waals surface area (Å²) in [5, 5.41) is 9.62. The molecule has 1 aromatic heterocycles. The Balaban J connectivity index is 2.52. The third-order valence-corrected chi connectivity index (χ3v) is 2.95. The van der Waals surface area contributed by atoms with Gasteiger partial charge in [0, 0.05) is 22.9 Å². The molecule has 0 aliphatic rings. The second-order valence-electron chi connectivity index (χ2n) is 3.49. The van der Waals surface area contributed by atoms with E-state index in [2.05, 4.69) is 25.9 Å². The van der Waals surface area contributed by atoms with Crippen LogP contribution in [0.2, 0.25) is 0 Å². The third-order valence-electron chi connectivity index (χ3n) is 2.31. The number of halogens is 1. The van der Waals surface area contributed by atoms with E-state index < -0.39 is 0 Å². The van der Waals surface area contributed by atoms with Crippen LogP contribution in [0.3, 0.4) is 0 Å². The topological polar surface area (TPSA) is 72.0 Å². The van der Waals surface area contributed by atoms with Gasteiger partial charge < -0.3 is 10.8 Å². The molecule has 5 heteroatoms. The molecule has 0 atom stereocenters. The van der Waals surface area contributed by atoms with E-state index in [0.29, 0.717) is 24.5 Å². The number of nitrogens with two attached hydrogens (primary N) is 1. The molecule has 3 N–H and O–H groups in total. The van der Waals surface area contributed by atoms with Gasteiger partial charge in [-0.2, -0.15) is 0 Å². The van der Waals surface area contributed by atoms with E-state index >= 15 is 0 Å². The average Bonchev–Trinajstić information content (AvgIpc) is 2.28. The summed E-state index contributed by atoms with van der Waals surface area (Å²) in [6.45, 7) is 0.136. The second kappa shape index (κ2) is 4.76. The highest BCUT2D eigenvalue weighted by Gasteiger charge is 2.07. The van der Waals surface area contributed by atoms with Crippen molar-refractivity contribution in [2.45, 2.75) is 12.8 Å². The molecule has 0 spiro atoms. The summed E-state index contributed by atoms with van der Waals surface area (Å²) >= 11 is 3.44. The molecule has 2 rings (SSSR count). The van der Waals surface area contributed by atoms with Gasteiger partial charge in [-0.05, 0) is 34.5 Å². The van der Waals surface area contributed by atoms with Crippen molar-refractivity contribution >= 4 is 32.7 Å². The molecule has 0 saturated heterocycles. The lowest BCUT2D eigenvalue weighted by Gasteiger charge is -2.05. The van der Waals surface area contributed by atoms with E-state index in [1.54, 1.807) is 0 Å². The Bertz CT molecular complexity index is 516. The van der Waals surface area contributed by atoms with Gasteiger partial charge in [0.1, 0.15) is 11.6 Å². The largest absolute Gasteiger partial charge is 0.396 e. The number of aliphatic hydroxyl groups is 1. The summed E-state index contributed by atoms with van der Waals surface area (Å²) in [5.74, 6) is 1.16. The molecule has 0 fully saturated rings. The minimum absolute atomic E-state index is 0.136. The van der Waals surface area contributed by atoms with E-state index in [4.69, 9.17) is 10.8 Å². The lowest BCUT2D eigenvalue weighted by atomic mass is 10.2. The van der Waals surface area contributed by atoms with Crippen molar-refractivity contribution in [2.24, 2.45) is 0 Å². The first-order chi connectivity index (χ1) is 7.72. The molecule has 1 aromatic carbocycles. The highest BCUT2D eigenvalue weighted by Crippen LogP contribution is 2.25. The number of hydrogen-bond acceptors (Lipinski definition) is 4. The predicted octanol–water partition coefficient (Wildman–Crippen LogP) is 1.90. The lowest BCUT2D eigenvalue weighted by molar-refractivity contribution is 0.287. The molecule has 0 unspecified atom stereocenters. The van der Waals surface area contributed by atoms with E-state index in [1.807, 2.05) is 18.2 Å². The Morgan fingerprint density at radius 2 is 2.12 bits per heavy atom. The second-order valence-corrected chi connectivity index (χ2v) is 4.34. The molecule has 0 saturated carbocycles. The molecular formula is C11H12BrN3O. The smallest absolute Gasteiger partial charge is 0.135 e. The Morgan fingerprint density at radius 1 is 1.31 bits per heavy atom. The van der Waals surface area contributed by atoms with Crippen LogP contribution < -0.4 is 5.73 Å². The first kappa shape index (κ1) is 11.3. The van der Waals surface area contributed by atoms with Crippen LogP contribution in [0.1, 0.15) is 12.2 Å². The number of aliphatic hydroxyl groups excluding tert-OH is 1. The van der Waals surface area contributed by atoms with Crippen molar-refractivity contribution in [3.05, 3.63) is 28.5 Å². The zero-order valence-corrected chi connectivity index (χ0v) is 10.2. The highest BCUT2D eigenvalue weighted by molar-refractivity contribution is 9.10. The van der Waals surface area contributed by atoms with Gasteiger partial charge >= 0.3 is 0 Å². The summed E-state index contributed by atoms with van der Waals surface area (Å²) < 4.78 is 0.907. The monoisotopic (exact) mass is 281 g/mol. The van der Waals surface area contributed by atoms with Gasteiger partial charge in [0.15, 0.2) is 0 Å². The van der Waals surface area contributed by atoms with Gasteiger partial charge in [-0.1, -0.05) is 6.07 Å². The number of nitrogen functional groups attached to an aromatic ring is 1. The number of hydrogen-bond donors (Lipinski definition) is 2. The summed E-state index contributed by atoms with van der Waals surface area (Å²) in [4.78, 5) is 8.64. The molecule has 2 aromatic rings. The number of aromatic nitrogens is 2. The summed E-state index contributed by atoms with van der Waals surface area (Å²) in [6.07, 6.45) is 1.29. The van der Waals surface area contributed by atoms with Crippen LogP contribution in [0.5, 0.6) is 0 Å². The maximum Gasteiger partial charge on any atom is 0.135 e. The molecule has 0 radical (unpaired) electrons. The van der Waals surface area contributed by atoms with Crippen LogP contribution >= 0.6 is 15.9 Å². The Hall–Kier alpha value is -1.20. The first-order valence-electron chi connectivity index (χ1n) is 5.04. The first-order valence-corrected chi connectivity index (χ1v) is 5.83. The minimum Gasteiger partial charge on any atom is -0.396 e. The van der Waals surface area contributed by atoms with E-state index in [-0.39, 0.29) is 6.61 Å². The minimum atomic E-state index is 0.136. The Labute approximate surface area is 102 Å². The molecule has 0 aliphatic heterocycles. The lowest BCUT2D eigenvalue weighted by Crippen LogP contribution is -2.02. The van der Waals surface area contributed by atoms with Gasteiger partial charge in [-0.15, -0.1) is 0 Å². The van der Waals surface area contributed by atoms with Crippen molar-refractivity contribution < 1.29 is 5.11 Å². The fraction of sp³-hybridized carbons (Fsp3) is 0.273. The maximum absolute atomic E-state index is 8.77.